The number of carbonyl (C=O) groups is 1. The summed E-state index contributed by atoms with van der Waals surface area (Å²) in [5.41, 5.74) is 7.74. The molecule has 0 bridgehead atoms. The van der Waals surface area contributed by atoms with Crippen LogP contribution in [0.2, 0.25) is 0 Å². The van der Waals surface area contributed by atoms with Crippen LogP contribution in [0.3, 0.4) is 0 Å². The van der Waals surface area contributed by atoms with Crippen LogP contribution < -0.4 is 15.8 Å². The summed E-state index contributed by atoms with van der Waals surface area (Å²) in [4.78, 5) is 11.0. The van der Waals surface area contributed by atoms with E-state index in [1.165, 1.54) is 0 Å². The first-order valence-corrected chi connectivity index (χ1v) is 6.85. The fraction of sp³-hybridized carbons (Fsp3) is 0.133. The molecule has 2 aromatic rings. The molecule has 104 valence electrons. The van der Waals surface area contributed by atoms with E-state index in [0.717, 1.165) is 21.5 Å². The van der Waals surface area contributed by atoms with Crippen LogP contribution in [0.15, 0.2) is 46.9 Å². The molecule has 0 spiro atoms. The van der Waals surface area contributed by atoms with Crippen molar-refractivity contribution in [3.05, 3.63) is 58.1 Å². The van der Waals surface area contributed by atoms with E-state index in [1.807, 2.05) is 30.3 Å². The van der Waals surface area contributed by atoms with Crippen LogP contribution in [0.5, 0.6) is 5.75 Å². The molecule has 3 N–H and O–H groups in total. The van der Waals surface area contributed by atoms with Crippen molar-refractivity contribution >= 4 is 27.5 Å². The lowest BCUT2D eigenvalue weighted by atomic mass is 10.1. The quantitative estimate of drug-likeness (QED) is 0.882. The van der Waals surface area contributed by atoms with E-state index in [9.17, 15) is 4.79 Å². The third-order valence-electron chi connectivity index (χ3n) is 2.89. The molecule has 20 heavy (non-hydrogen) atoms. The molecule has 2 aromatic carbocycles. The Morgan fingerprint density at radius 3 is 2.55 bits per heavy atom. The highest BCUT2D eigenvalue weighted by Crippen LogP contribution is 2.28. The third kappa shape index (κ3) is 3.51. The first kappa shape index (κ1) is 14.4. The van der Waals surface area contributed by atoms with Crippen LogP contribution in [0.4, 0.5) is 5.69 Å². The monoisotopic (exact) mass is 334 g/mol. The second-order valence-corrected chi connectivity index (χ2v) is 5.12. The maximum Gasteiger partial charge on any atom is 0.248 e. The second kappa shape index (κ2) is 6.43. The number of carbonyl (C=O) groups excluding carboxylic acids is 1. The number of nitrogens with two attached hydrogens (primary N) is 1. The summed E-state index contributed by atoms with van der Waals surface area (Å²) in [5.74, 6) is 0.362. The van der Waals surface area contributed by atoms with Crippen LogP contribution in [-0.2, 0) is 6.54 Å². The minimum atomic E-state index is -0.415. The minimum Gasteiger partial charge on any atom is -0.495 e. The minimum absolute atomic E-state index is 0.415. The van der Waals surface area contributed by atoms with E-state index >= 15 is 0 Å². The molecule has 1 amide bonds. The summed E-state index contributed by atoms with van der Waals surface area (Å²) < 4.78 is 6.15. The lowest BCUT2D eigenvalue weighted by Crippen LogP contribution is -2.10. The average Bonchev–Trinajstić information content (AvgIpc) is 2.46. The summed E-state index contributed by atoms with van der Waals surface area (Å²) in [7, 11) is 1.63. The number of halogens is 1. The highest BCUT2D eigenvalue weighted by molar-refractivity contribution is 9.10. The third-order valence-corrected chi connectivity index (χ3v) is 3.54. The smallest absolute Gasteiger partial charge is 0.248 e. The normalized spacial score (nSPS) is 10.1. The van der Waals surface area contributed by atoms with Crippen LogP contribution in [-0.4, -0.2) is 13.0 Å². The maximum atomic E-state index is 11.0. The number of primary amides is 1. The van der Waals surface area contributed by atoms with Crippen molar-refractivity contribution in [2.75, 3.05) is 12.4 Å². The number of nitrogens with one attached hydrogen (secondary N) is 1. The Morgan fingerprint density at radius 1 is 1.25 bits per heavy atom. The second-order valence-electron chi connectivity index (χ2n) is 4.26. The highest BCUT2D eigenvalue weighted by atomic mass is 79.9. The van der Waals surface area contributed by atoms with Gasteiger partial charge in [0.05, 0.1) is 11.6 Å². The maximum absolute atomic E-state index is 11.0. The molecule has 0 heterocycles. The standard InChI is InChI=1S/C15H15BrN2O2/c1-20-14-8-12(6-7-13(14)16)18-9-10-2-4-11(5-3-10)15(17)19/h2-8,18H,9H2,1H3,(H2,17,19). The van der Waals surface area contributed by atoms with Gasteiger partial charge in [0.1, 0.15) is 5.75 Å². The molecule has 4 nitrogen and oxygen atoms in total. The molecule has 0 unspecified atom stereocenters. The molecule has 0 aromatic heterocycles. The van der Waals surface area contributed by atoms with Gasteiger partial charge in [-0.25, -0.2) is 0 Å². The van der Waals surface area contributed by atoms with Gasteiger partial charge in [-0.3, -0.25) is 4.79 Å². The van der Waals surface area contributed by atoms with Gasteiger partial charge in [-0.05, 0) is 45.8 Å². The van der Waals surface area contributed by atoms with Crippen LogP contribution in [0, 0.1) is 0 Å². The fourth-order valence-electron chi connectivity index (χ4n) is 1.76. The summed E-state index contributed by atoms with van der Waals surface area (Å²) in [6.45, 7) is 0.657. The van der Waals surface area contributed by atoms with Crippen molar-refractivity contribution in [3.63, 3.8) is 0 Å². The number of methoxy groups -OCH3 is 1. The Morgan fingerprint density at radius 2 is 1.95 bits per heavy atom. The summed E-state index contributed by atoms with van der Waals surface area (Å²) in [6.07, 6.45) is 0. The first-order chi connectivity index (χ1) is 9.60. The number of hydrogen-bond donors (Lipinski definition) is 2. The van der Waals surface area contributed by atoms with Gasteiger partial charge in [-0.1, -0.05) is 12.1 Å². The SMILES string of the molecule is COc1cc(NCc2ccc(C(N)=O)cc2)ccc1Br. The van der Waals surface area contributed by atoms with Gasteiger partial charge in [0, 0.05) is 23.9 Å². The van der Waals surface area contributed by atoms with Gasteiger partial charge < -0.3 is 15.8 Å². The number of amides is 1. The fourth-order valence-corrected chi connectivity index (χ4v) is 2.17. The number of anilines is 1. The summed E-state index contributed by atoms with van der Waals surface area (Å²) >= 11 is 3.41. The number of ether oxygens (including phenoxy) is 1. The summed E-state index contributed by atoms with van der Waals surface area (Å²) in [6, 6.07) is 13.0. The lowest BCUT2D eigenvalue weighted by Gasteiger charge is -2.09. The zero-order chi connectivity index (χ0) is 14.5. The van der Waals surface area contributed by atoms with Crippen molar-refractivity contribution in [2.24, 2.45) is 5.73 Å². The van der Waals surface area contributed by atoms with Gasteiger partial charge >= 0.3 is 0 Å². The van der Waals surface area contributed by atoms with Gasteiger partial charge in [-0.15, -0.1) is 0 Å². The lowest BCUT2D eigenvalue weighted by molar-refractivity contribution is 0.100. The first-order valence-electron chi connectivity index (χ1n) is 6.06. The number of hydrogen-bond acceptors (Lipinski definition) is 3. The van der Waals surface area contributed by atoms with Crippen LogP contribution in [0.1, 0.15) is 15.9 Å². The molecule has 0 fully saturated rings. The molecule has 5 heteroatoms. The average molecular weight is 335 g/mol. The molecule has 0 radical (unpaired) electrons. The molecule has 0 aliphatic carbocycles. The van der Waals surface area contributed by atoms with Gasteiger partial charge in [0.2, 0.25) is 5.91 Å². The molecule has 0 aliphatic rings. The zero-order valence-corrected chi connectivity index (χ0v) is 12.6. The predicted octanol–water partition coefficient (Wildman–Crippen LogP) is 3.17. The summed E-state index contributed by atoms with van der Waals surface area (Å²) in [5, 5.41) is 3.29. The van der Waals surface area contributed by atoms with E-state index < -0.39 is 5.91 Å². The molecular formula is C15H15BrN2O2. The Bertz CT molecular complexity index is 612. The highest BCUT2D eigenvalue weighted by Gasteiger charge is 2.02. The molecule has 0 aliphatic heterocycles. The largest absolute Gasteiger partial charge is 0.495 e. The Kier molecular flexibility index (Phi) is 4.63. The van der Waals surface area contributed by atoms with Crippen molar-refractivity contribution in [1.29, 1.82) is 0 Å². The molecular weight excluding hydrogens is 320 g/mol. The van der Waals surface area contributed by atoms with E-state index in [1.54, 1.807) is 19.2 Å². The van der Waals surface area contributed by atoms with Gasteiger partial charge in [-0.2, -0.15) is 0 Å². The number of benzene rings is 2. The van der Waals surface area contributed by atoms with Gasteiger partial charge in [0.25, 0.3) is 0 Å². The van der Waals surface area contributed by atoms with Gasteiger partial charge in [0.15, 0.2) is 0 Å². The molecule has 0 saturated heterocycles. The van der Waals surface area contributed by atoms with Crippen molar-refractivity contribution in [3.8, 4) is 5.75 Å². The molecule has 2 rings (SSSR count). The van der Waals surface area contributed by atoms with E-state index in [-0.39, 0.29) is 0 Å². The van der Waals surface area contributed by atoms with Crippen LogP contribution in [0.25, 0.3) is 0 Å². The Labute approximate surface area is 126 Å². The Balaban J connectivity index is 2.03. The molecule has 0 atom stereocenters. The van der Waals surface area contributed by atoms with Crippen molar-refractivity contribution in [1.82, 2.24) is 0 Å². The molecule has 0 saturated carbocycles. The topological polar surface area (TPSA) is 64.3 Å². The van der Waals surface area contributed by atoms with Crippen molar-refractivity contribution < 1.29 is 9.53 Å². The zero-order valence-electron chi connectivity index (χ0n) is 11.0. The number of rotatable bonds is 5. The van der Waals surface area contributed by atoms with E-state index in [2.05, 4.69) is 21.2 Å². The van der Waals surface area contributed by atoms with Crippen LogP contribution >= 0.6 is 15.9 Å². The van der Waals surface area contributed by atoms with Crippen molar-refractivity contribution in [2.45, 2.75) is 6.54 Å². The van der Waals surface area contributed by atoms with E-state index in [4.69, 9.17) is 10.5 Å². The predicted molar refractivity (Wildman–Crippen MR) is 83.0 cm³/mol. The van der Waals surface area contributed by atoms with E-state index in [0.29, 0.717) is 12.1 Å². The Hall–Kier alpha value is -2.01.